The van der Waals surface area contributed by atoms with Crippen LogP contribution in [0.2, 0.25) is 0 Å². The predicted molar refractivity (Wildman–Crippen MR) is 61.5 cm³/mol. The number of fused-ring (bicyclic) bond motifs is 1. The minimum absolute atomic E-state index is 0.164. The van der Waals surface area contributed by atoms with E-state index in [-0.39, 0.29) is 11.9 Å². The highest BCUT2D eigenvalue weighted by molar-refractivity contribution is 9.10. The maximum atomic E-state index is 13.4. The number of nitrogens with zero attached hydrogens (tertiary/aromatic N) is 2. The van der Waals surface area contributed by atoms with Gasteiger partial charge in [-0.25, -0.2) is 14.4 Å². The molecule has 2 aromatic rings. The third-order valence-electron chi connectivity index (χ3n) is 1.90. The molecule has 0 unspecified atom stereocenters. The van der Waals surface area contributed by atoms with Gasteiger partial charge < -0.3 is 0 Å². The Morgan fingerprint density at radius 3 is 2.94 bits per heavy atom. The van der Waals surface area contributed by atoms with Crippen LogP contribution in [0.5, 0.6) is 0 Å². The second kappa shape index (κ2) is 4.13. The third kappa shape index (κ3) is 2.16. The van der Waals surface area contributed by atoms with Crippen LogP contribution < -0.4 is 5.32 Å². The summed E-state index contributed by atoms with van der Waals surface area (Å²) in [5, 5.41) is 2.75. The van der Waals surface area contributed by atoms with Crippen molar-refractivity contribution in [1.29, 1.82) is 0 Å². The van der Waals surface area contributed by atoms with E-state index in [2.05, 4.69) is 31.2 Å². The van der Waals surface area contributed by atoms with E-state index >= 15 is 0 Å². The molecule has 0 bridgehead atoms. The van der Waals surface area contributed by atoms with E-state index < -0.39 is 5.82 Å². The first-order valence-electron chi connectivity index (χ1n) is 4.45. The van der Waals surface area contributed by atoms with E-state index in [0.717, 1.165) is 0 Å². The van der Waals surface area contributed by atoms with Gasteiger partial charge in [0.2, 0.25) is 11.9 Å². The molecule has 1 N–H and O–H groups in total. The topological polar surface area (TPSA) is 54.9 Å². The molecular formula is C10H7BrFN3O. The van der Waals surface area contributed by atoms with Crippen LogP contribution in [0.25, 0.3) is 10.9 Å². The van der Waals surface area contributed by atoms with Crippen LogP contribution in [0.15, 0.2) is 22.8 Å². The smallest absolute Gasteiger partial charge is 0.229 e. The number of amides is 1. The summed E-state index contributed by atoms with van der Waals surface area (Å²) in [4.78, 5) is 18.7. The molecule has 0 saturated carbocycles. The molecule has 1 aromatic heterocycles. The molecule has 0 atom stereocenters. The van der Waals surface area contributed by atoms with Crippen molar-refractivity contribution in [2.75, 3.05) is 5.32 Å². The molecule has 0 aliphatic carbocycles. The number of benzene rings is 1. The Hall–Kier alpha value is -1.56. The van der Waals surface area contributed by atoms with Gasteiger partial charge in [-0.15, -0.1) is 0 Å². The molecule has 82 valence electrons. The van der Waals surface area contributed by atoms with Crippen LogP contribution in [0.4, 0.5) is 10.3 Å². The summed E-state index contributed by atoms with van der Waals surface area (Å²) >= 11 is 3.17. The third-order valence-corrected chi connectivity index (χ3v) is 2.36. The Balaban J connectivity index is 2.57. The van der Waals surface area contributed by atoms with Crippen LogP contribution in [0.1, 0.15) is 6.92 Å². The van der Waals surface area contributed by atoms with E-state index in [1.165, 1.54) is 19.2 Å². The van der Waals surface area contributed by atoms with Crippen molar-refractivity contribution in [1.82, 2.24) is 9.97 Å². The molecule has 2 rings (SSSR count). The first kappa shape index (κ1) is 10.9. The van der Waals surface area contributed by atoms with Gasteiger partial charge in [-0.1, -0.05) is 15.9 Å². The molecule has 1 amide bonds. The number of nitrogens with one attached hydrogen (secondary N) is 1. The normalized spacial score (nSPS) is 10.4. The monoisotopic (exact) mass is 283 g/mol. The first-order chi connectivity index (χ1) is 7.56. The summed E-state index contributed by atoms with van der Waals surface area (Å²) < 4.78 is 14.0. The second-order valence-corrected chi connectivity index (χ2v) is 4.11. The summed E-state index contributed by atoms with van der Waals surface area (Å²) in [7, 11) is 0. The van der Waals surface area contributed by atoms with Crippen LogP contribution >= 0.6 is 15.9 Å². The fourth-order valence-corrected chi connectivity index (χ4v) is 1.70. The van der Waals surface area contributed by atoms with Gasteiger partial charge in [0.15, 0.2) is 0 Å². The highest BCUT2D eigenvalue weighted by atomic mass is 79.9. The fourth-order valence-electron chi connectivity index (χ4n) is 1.28. The molecule has 0 fully saturated rings. The van der Waals surface area contributed by atoms with Gasteiger partial charge in [-0.3, -0.25) is 10.1 Å². The van der Waals surface area contributed by atoms with Crippen molar-refractivity contribution in [2.45, 2.75) is 6.92 Å². The number of hydrogen-bond donors (Lipinski definition) is 1. The van der Waals surface area contributed by atoms with Gasteiger partial charge in [-0.2, -0.15) is 0 Å². The van der Waals surface area contributed by atoms with Crippen LogP contribution in [-0.4, -0.2) is 15.9 Å². The summed E-state index contributed by atoms with van der Waals surface area (Å²) in [5.74, 6) is -0.508. The van der Waals surface area contributed by atoms with E-state index in [0.29, 0.717) is 15.4 Å². The number of rotatable bonds is 1. The lowest BCUT2D eigenvalue weighted by atomic mass is 10.2. The van der Waals surface area contributed by atoms with Gasteiger partial charge in [0.05, 0.1) is 10.9 Å². The molecule has 1 aromatic carbocycles. The minimum atomic E-state index is -0.404. The Labute approximate surface area is 99.0 Å². The predicted octanol–water partition coefficient (Wildman–Crippen LogP) is 2.49. The fraction of sp³-hybridized carbons (Fsp3) is 0.100. The lowest BCUT2D eigenvalue weighted by molar-refractivity contribution is -0.114. The van der Waals surface area contributed by atoms with Gasteiger partial charge in [0.25, 0.3) is 0 Å². The average molecular weight is 284 g/mol. The molecular weight excluding hydrogens is 277 g/mol. The van der Waals surface area contributed by atoms with Gasteiger partial charge >= 0.3 is 0 Å². The van der Waals surface area contributed by atoms with E-state index in [1.807, 2.05) is 0 Å². The zero-order chi connectivity index (χ0) is 11.7. The van der Waals surface area contributed by atoms with Crippen molar-refractivity contribution in [3.8, 4) is 0 Å². The molecule has 0 aliphatic rings. The van der Waals surface area contributed by atoms with Crippen LogP contribution in [-0.2, 0) is 4.79 Å². The molecule has 0 radical (unpaired) electrons. The SMILES string of the molecule is CC(=O)Nc1ncc2c(F)cc(Br)cc2n1. The Kier molecular flexibility index (Phi) is 2.82. The summed E-state index contributed by atoms with van der Waals surface area (Å²) in [6, 6.07) is 3.00. The Bertz CT molecular complexity index is 573. The number of aromatic nitrogens is 2. The summed E-state index contributed by atoms with van der Waals surface area (Å²) in [5.41, 5.74) is 0.436. The number of carbonyl (C=O) groups is 1. The quantitative estimate of drug-likeness (QED) is 0.875. The average Bonchev–Trinajstić information content (AvgIpc) is 2.15. The molecule has 0 spiro atoms. The largest absolute Gasteiger partial charge is 0.295 e. The Morgan fingerprint density at radius 1 is 1.50 bits per heavy atom. The standard InChI is InChI=1S/C10H7BrFN3O/c1-5(16)14-10-13-4-7-8(12)2-6(11)3-9(7)15-10/h2-4H,1H3,(H,13,14,15,16). The minimum Gasteiger partial charge on any atom is -0.295 e. The highest BCUT2D eigenvalue weighted by Crippen LogP contribution is 2.21. The van der Waals surface area contributed by atoms with Crippen molar-refractivity contribution in [3.63, 3.8) is 0 Å². The van der Waals surface area contributed by atoms with E-state index in [9.17, 15) is 9.18 Å². The number of anilines is 1. The lowest BCUT2D eigenvalue weighted by Crippen LogP contribution is -2.09. The van der Waals surface area contributed by atoms with Gasteiger partial charge in [0.1, 0.15) is 5.82 Å². The zero-order valence-corrected chi connectivity index (χ0v) is 9.88. The van der Waals surface area contributed by atoms with Crippen LogP contribution in [0, 0.1) is 5.82 Å². The molecule has 0 saturated heterocycles. The molecule has 1 heterocycles. The highest BCUT2D eigenvalue weighted by Gasteiger charge is 2.06. The zero-order valence-electron chi connectivity index (χ0n) is 8.29. The lowest BCUT2D eigenvalue weighted by Gasteiger charge is -2.03. The van der Waals surface area contributed by atoms with Crippen molar-refractivity contribution < 1.29 is 9.18 Å². The van der Waals surface area contributed by atoms with Crippen molar-refractivity contribution in [3.05, 3.63) is 28.6 Å². The first-order valence-corrected chi connectivity index (χ1v) is 5.25. The summed E-state index contributed by atoms with van der Waals surface area (Å²) in [6.07, 6.45) is 1.34. The molecule has 16 heavy (non-hydrogen) atoms. The Morgan fingerprint density at radius 2 is 2.25 bits per heavy atom. The maximum Gasteiger partial charge on any atom is 0.229 e. The molecule has 6 heteroatoms. The number of hydrogen-bond acceptors (Lipinski definition) is 3. The van der Waals surface area contributed by atoms with E-state index in [1.54, 1.807) is 6.07 Å². The van der Waals surface area contributed by atoms with Gasteiger partial charge in [0, 0.05) is 17.6 Å². The van der Waals surface area contributed by atoms with Gasteiger partial charge in [-0.05, 0) is 12.1 Å². The second-order valence-electron chi connectivity index (χ2n) is 3.20. The van der Waals surface area contributed by atoms with Crippen molar-refractivity contribution >= 4 is 38.7 Å². The summed E-state index contributed by atoms with van der Waals surface area (Å²) in [6.45, 7) is 1.36. The molecule has 4 nitrogen and oxygen atoms in total. The van der Waals surface area contributed by atoms with E-state index in [4.69, 9.17) is 0 Å². The molecule has 0 aliphatic heterocycles. The number of halogens is 2. The van der Waals surface area contributed by atoms with Crippen molar-refractivity contribution in [2.24, 2.45) is 0 Å². The maximum absolute atomic E-state index is 13.4. The van der Waals surface area contributed by atoms with Crippen LogP contribution in [0.3, 0.4) is 0 Å². The number of carbonyl (C=O) groups excluding carboxylic acids is 1.